The second-order valence-corrected chi connectivity index (χ2v) is 27.3. The van der Waals surface area contributed by atoms with Crippen molar-refractivity contribution >= 4 is 32.3 Å². The van der Waals surface area contributed by atoms with E-state index in [1.54, 1.807) is 0 Å². The Bertz CT molecular complexity index is 6430. The number of rotatable bonds is 13. The van der Waals surface area contributed by atoms with Crippen molar-refractivity contribution in [3.05, 3.63) is 406 Å². The summed E-state index contributed by atoms with van der Waals surface area (Å²) in [5, 5.41) is 7.46. The molecule has 19 aromatic rings. The summed E-state index contributed by atoms with van der Waals surface area (Å²) < 4.78 is 0. The Morgan fingerprint density at radius 3 is 0.685 bits per heavy atom. The minimum atomic E-state index is 0.667. The summed E-state index contributed by atoms with van der Waals surface area (Å²) >= 11 is 0. The molecule has 0 N–H and O–H groups in total. The lowest BCUT2D eigenvalue weighted by Crippen LogP contribution is -2.00. The summed E-state index contributed by atoms with van der Waals surface area (Å²) in [6.45, 7) is 5.76. The monoisotopic (exact) mass is 1420 g/mol. The van der Waals surface area contributed by atoms with Crippen LogP contribution in [0.1, 0.15) is 17.5 Å². The van der Waals surface area contributed by atoms with Gasteiger partial charge in [0.2, 0.25) is 0 Å². The molecule has 0 aliphatic carbocycles. The van der Waals surface area contributed by atoms with Crippen molar-refractivity contribution in [3.63, 3.8) is 0 Å². The zero-order chi connectivity index (χ0) is 74.8. The second-order valence-electron chi connectivity index (χ2n) is 27.3. The van der Waals surface area contributed by atoms with Gasteiger partial charge in [0, 0.05) is 33.4 Å². The number of nitrogens with zero attached hydrogens (tertiary/aromatic N) is 9. The van der Waals surface area contributed by atoms with E-state index in [1.807, 2.05) is 45.0 Å². The first kappa shape index (κ1) is 69.4. The molecule has 16 aromatic carbocycles. The molecule has 0 bridgehead atoms. The van der Waals surface area contributed by atoms with Crippen LogP contribution in [0.4, 0.5) is 0 Å². The Hall–Kier alpha value is -14.7. The Balaban J connectivity index is 0.000000122. The van der Waals surface area contributed by atoms with E-state index < -0.39 is 0 Å². The van der Waals surface area contributed by atoms with Gasteiger partial charge in [-0.05, 0) is 155 Å². The van der Waals surface area contributed by atoms with Crippen LogP contribution in [-0.4, -0.2) is 44.9 Å². The highest BCUT2D eigenvalue weighted by atomic mass is 15.0. The van der Waals surface area contributed by atoms with Crippen LogP contribution >= 0.6 is 0 Å². The fourth-order valence-corrected chi connectivity index (χ4v) is 14.3. The highest BCUT2D eigenvalue weighted by Gasteiger charge is 2.17. The first-order valence-corrected chi connectivity index (χ1v) is 37.2. The molecule has 0 saturated carbocycles. The van der Waals surface area contributed by atoms with Gasteiger partial charge in [0.1, 0.15) is 17.5 Å². The maximum atomic E-state index is 4.97. The lowest BCUT2D eigenvalue weighted by atomic mass is 9.96. The van der Waals surface area contributed by atoms with Crippen LogP contribution in [0.25, 0.3) is 179 Å². The normalized spacial score (nSPS) is 11.0. The molecule has 3 aromatic heterocycles. The van der Waals surface area contributed by atoms with Gasteiger partial charge < -0.3 is 0 Å². The van der Waals surface area contributed by atoms with E-state index in [2.05, 4.69) is 384 Å². The largest absolute Gasteiger partial charge is 0.213 e. The van der Waals surface area contributed by atoms with Gasteiger partial charge in [-0.1, -0.05) is 364 Å². The molecule has 0 spiro atoms. The van der Waals surface area contributed by atoms with Crippen molar-refractivity contribution < 1.29 is 0 Å². The maximum Gasteiger partial charge on any atom is 0.163 e. The second kappa shape index (κ2) is 31.8. The molecule has 0 radical (unpaired) electrons. The van der Waals surface area contributed by atoms with E-state index in [4.69, 9.17) is 24.9 Å². The predicted octanol–water partition coefficient (Wildman–Crippen LogP) is 25.7. The van der Waals surface area contributed by atoms with E-state index in [-0.39, 0.29) is 0 Å². The third-order valence-corrected chi connectivity index (χ3v) is 19.9. The molecule has 0 unspecified atom stereocenters. The third kappa shape index (κ3) is 15.7. The number of aromatic nitrogens is 9. The molecule has 9 heteroatoms. The fourth-order valence-electron chi connectivity index (χ4n) is 14.3. The van der Waals surface area contributed by atoms with E-state index in [0.717, 1.165) is 61.2 Å². The predicted molar refractivity (Wildman–Crippen MR) is 457 cm³/mol. The van der Waals surface area contributed by atoms with Gasteiger partial charge in [0.15, 0.2) is 34.9 Å². The first-order chi connectivity index (χ1) is 54.7. The van der Waals surface area contributed by atoms with Gasteiger partial charge in [-0.15, -0.1) is 0 Å². The molecular weight excluding hydrogens is 1350 g/mol. The molecular formula is C102H73N9. The average Bonchev–Trinajstić information content (AvgIpc) is 0.806. The lowest BCUT2D eigenvalue weighted by Gasteiger charge is -2.12. The quantitative estimate of drug-likeness (QED) is 0.111. The molecule has 3 heterocycles. The summed E-state index contributed by atoms with van der Waals surface area (Å²) in [5.74, 6) is 6.17. The van der Waals surface area contributed by atoms with E-state index in [1.165, 1.54) is 82.4 Å². The van der Waals surface area contributed by atoms with Crippen LogP contribution in [0.15, 0.2) is 388 Å². The van der Waals surface area contributed by atoms with Gasteiger partial charge in [-0.25, -0.2) is 44.9 Å². The standard InChI is InChI=1S/C38H27N3.2C32H23N3/c1-26-39-37(31-21-19-30(20-22-31)36-18-10-16-29-15-8-9-17-35(29)36)41-38(40-26)34-24-32(27-11-4-2-5-12-27)23-33(25-34)28-13-6-3-7-14-28;1-22-33-31(35-32(34-22)28-14-7-13-27(21-28)23-9-3-2-4-10-23)26-19-17-25(18-20-26)30-16-8-12-24-11-5-6-15-29(24)30;1-22-33-31(27-18-14-24(15-19-27)23-8-3-2-4-9-23)35-32(34-22)28-20-16-26(17-21-28)30-13-7-11-25-10-5-6-12-29(25)30/h2-25H,1H3;2*2-21H,1H3. The van der Waals surface area contributed by atoms with E-state index in [9.17, 15) is 0 Å². The van der Waals surface area contributed by atoms with Gasteiger partial charge >= 0.3 is 0 Å². The van der Waals surface area contributed by atoms with Gasteiger partial charge in [-0.3, -0.25) is 0 Å². The molecule has 0 aliphatic rings. The number of hydrogen-bond acceptors (Lipinski definition) is 9. The number of benzene rings is 16. The van der Waals surface area contributed by atoms with Crippen LogP contribution in [0.3, 0.4) is 0 Å². The van der Waals surface area contributed by atoms with Crippen molar-refractivity contribution in [1.29, 1.82) is 0 Å². The Labute approximate surface area is 645 Å². The van der Waals surface area contributed by atoms with Crippen LogP contribution in [0.5, 0.6) is 0 Å². The van der Waals surface area contributed by atoms with Crippen molar-refractivity contribution in [1.82, 2.24) is 44.9 Å². The van der Waals surface area contributed by atoms with Crippen molar-refractivity contribution in [2.24, 2.45) is 0 Å². The molecule has 0 atom stereocenters. The molecule has 19 rings (SSSR count). The van der Waals surface area contributed by atoms with Crippen molar-refractivity contribution in [3.8, 4) is 146 Å². The highest BCUT2D eigenvalue weighted by molar-refractivity contribution is 5.99. The van der Waals surface area contributed by atoms with Crippen LogP contribution in [0.2, 0.25) is 0 Å². The number of fused-ring (bicyclic) bond motifs is 3. The molecule has 0 aliphatic heterocycles. The Morgan fingerprint density at radius 1 is 0.135 bits per heavy atom. The van der Waals surface area contributed by atoms with Crippen molar-refractivity contribution in [2.75, 3.05) is 0 Å². The lowest BCUT2D eigenvalue weighted by molar-refractivity contribution is 0.991. The van der Waals surface area contributed by atoms with E-state index in [0.29, 0.717) is 52.4 Å². The molecule has 9 nitrogen and oxygen atoms in total. The Kier molecular flexibility index (Phi) is 19.9. The van der Waals surface area contributed by atoms with Crippen LogP contribution < -0.4 is 0 Å². The van der Waals surface area contributed by atoms with Crippen LogP contribution in [0, 0.1) is 20.8 Å². The number of aryl methyl sites for hydroxylation is 3. The summed E-state index contributed by atoms with van der Waals surface area (Å²) in [7, 11) is 0. The maximum absolute atomic E-state index is 4.97. The molecule has 0 amide bonds. The summed E-state index contributed by atoms with van der Waals surface area (Å²) in [5.41, 5.74) is 22.2. The molecule has 0 saturated heterocycles. The Morgan fingerprint density at radius 2 is 0.342 bits per heavy atom. The summed E-state index contributed by atoms with van der Waals surface area (Å²) in [4.78, 5) is 42.6. The van der Waals surface area contributed by atoms with Crippen molar-refractivity contribution in [2.45, 2.75) is 20.8 Å². The SMILES string of the molecule is Cc1nc(-c2ccc(-c3cccc4ccccc34)cc2)nc(-c2cc(-c3ccccc3)cc(-c3ccccc3)c2)n1.Cc1nc(-c2ccc(-c3cccc4ccccc34)cc2)nc(-c2cccc(-c3ccccc3)c2)n1.Cc1nc(-c2ccc(-c3ccccc3)cc2)nc(-c2ccc(-c3cccc4ccccc34)cc2)n1. The van der Waals surface area contributed by atoms with Gasteiger partial charge in [0.25, 0.3) is 0 Å². The fraction of sp³-hybridized carbons (Fsp3) is 0.0294. The molecule has 111 heavy (non-hydrogen) atoms. The zero-order valence-corrected chi connectivity index (χ0v) is 61.5. The van der Waals surface area contributed by atoms with Gasteiger partial charge in [-0.2, -0.15) is 0 Å². The minimum absolute atomic E-state index is 0.667. The number of hydrogen-bond donors (Lipinski definition) is 0. The summed E-state index contributed by atoms with van der Waals surface area (Å²) in [6.07, 6.45) is 0. The summed E-state index contributed by atoms with van der Waals surface area (Å²) in [6, 6.07) is 135. The topological polar surface area (TPSA) is 116 Å². The highest BCUT2D eigenvalue weighted by Crippen LogP contribution is 2.37. The van der Waals surface area contributed by atoms with Gasteiger partial charge in [0.05, 0.1) is 0 Å². The minimum Gasteiger partial charge on any atom is -0.213 e. The average molecular weight is 1420 g/mol. The molecule has 0 fully saturated rings. The third-order valence-electron chi connectivity index (χ3n) is 19.9. The van der Waals surface area contributed by atoms with Crippen LogP contribution in [-0.2, 0) is 0 Å². The smallest absolute Gasteiger partial charge is 0.163 e. The van der Waals surface area contributed by atoms with E-state index >= 15 is 0 Å². The first-order valence-electron chi connectivity index (χ1n) is 37.2. The molecule has 526 valence electrons. The zero-order valence-electron chi connectivity index (χ0n) is 61.5.